The fourth-order valence-corrected chi connectivity index (χ4v) is 3.63. The molecule has 18 heavy (non-hydrogen) atoms. The van der Waals surface area contributed by atoms with Crippen LogP contribution in [0.5, 0.6) is 0 Å². The Labute approximate surface area is 109 Å². The normalized spacial score (nSPS) is 23.3. The molecule has 1 aromatic rings. The van der Waals surface area contributed by atoms with E-state index in [9.17, 15) is 8.42 Å². The van der Waals surface area contributed by atoms with Crippen LogP contribution in [-0.2, 0) is 16.6 Å². The van der Waals surface area contributed by atoms with Gasteiger partial charge in [0.2, 0.25) is 10.0 Å². The van der Waals surface area contributed by atoms with Gasteiger partial charge < -0.3 is 5.73 Å². The average Bonchev–Trinajstić information content (AvgIpc) is 3.04. The van der Waals surface area contributed by atoms with E-state index in [0.717, 1.165) is 6.42 Å². The first-order valence-corrected chi connectivity index (χ1v) is 7.65. The molecule has 2 rings (SSSR count). The molecule has 1 aliphatic rings. The quantitative estimate of drug-likeness (QED) is 0.878. The zero-order valence-electron chi connectivity index (χ0n) is 10.8. The van der Waals surface area contributed by atoms with E-state index in [1.54, 1.807) is 25.2 Å². The van der Waals surface area contributed by atoms with Crippen LogP contribution in [0.4, 0.5) is 0 Å². The number of rotatable bonds is 5. The summed E-state index contributed by atoms with van der Waals surface area (Å²) in [6.07, 6.45) is 1.12. The van der Waals surface area contributed by atoms with Crippen LogP contribution in [-0.4, -0.2) is 26.3 Å². The third-order valence-corrected chi connectivity index (χ3v) is 5.57. The van der Waals surface area contributed by atoms with Crippen molar-refractivity contribution in [3.63, 3.8) is 0 Å². The Balaban J connectivity index is 2.24. The van der Waals surface area contributed by atoms with E-state index in [1.165, 1.54) is 4.31 Å². The van der Waals surface area contributed by atoms with Crippen molar-refractivity contribution in [3.05, 3.63) is 29.8 Å². The molecule has 0 heterocycles. The minimum absolute atomic E-state index is 0.239. The molecule has 2 atom stereocenters. The van der Waals surface area contributed by atoms with Gasteiger partial charge in [-0.2, -0.15) is 0 Å². The first-order chi connectivity index (χ1) is 8.46. The van der Waals surface area contributed by atoms with Crippen LogP contribution >= 0.6 is 0 Å². The van der Waals surface area contributed by atoms with Gasteiger partial charge in [0.1, 0.15) is 0 Å². The zero-order valence-corrected chi connectivity index (χ0v) is 11.7. The zero-order chi connectivity index (χ0) is 13.3. The number of benzene rings is 1. The van der Waals surface area contributed by atoms with Crippen LogP contribution in [0.3, 0.4) is 0 Å². The highest BCUT2D eigenvalue weighted by Crippen LogP contribution is 2.38. The Morgan fingerprint density at radius 2 is 2.00 bits per heavy atom. The largest absolute Gasteiger partial charge is 0.326 e. The second-order valence-corrected chi connectivity index (χ2v) is 7.08. The number of hydrogen-bond acceptors (Lipinski definition) is 3. The van der Waals surface area contributed by atoms with Crippen molar-refractivity contribution in [2.24, 2.45) is 17.6 Å². The van der Waals surface area contributed by atoms with Crippen molar-refractivity contribution in [3.8, 4) is 0 Å². The smallest absolute Gasteiger partial charge is 0.243 e. The van der Waals surface area contributed by atoms with Crippen molar-refractivity contribution < 1.29 is 8.42 Å². The molecule has 1 fully saturated rings. The maximum atomic E-state index is 12.5. The Morgan fingerprint density at radius 3 is 2.56 bits per heavy atom. The van der Waals surface area contributed by atoms with Crippen molar-refractivity contribution in [2.75, 3.05) is 13.6 Å². The fraction of sp³-hybridized carbons (Fsp3) is 0.538. The molecule has 0 aromatic heterocycles. The first kappa shape index (κ1) is 13.5. The van der Waals surface area contributed by atoms with Crippen molar-refractivity contribution in [1.82, 2.24) is 4.31 Å². The lowest BCUT2D eigenvalue weighted by Crippen LogP contribution is -2.30. The van der Waals surface area contributed by atoms with Gasteiger partial charge in [-0.05, 0) is 29.9 Å². The van der Waals surface area contributed by atoms with E-state index < -0.39 is 10.0 Å². The topological polar surface area (TPSA) is 63.4 Å². The summed E-state index contributed by atoms with van der Waals surface area (Å²) in [6.45, 7) is 2.99. The predicted molar refractivity (Wildman–Crippen MR) is 71.4 cm³/mol. The summed E-state index contributed by atoms with van der Waals surface area (Å²) >= 11 is 0. The fourth-order valence-electron chi connectivity index (χ4n) is 2.17. The van der Waals surface area contributed by atoms with Gasteiger partial charge in [-0.15, -0.1) is 0 Å². The molecule has 4 nitrogen and oxygen atoms in total. The molecule has 100 valence electrons. The van der Waals surface area contributed by atoms with Gasteiger partial charge in [0.15, 0.2) is 0 Å². The molecule has 1 aliphatic carbocycles. The standard InChI is InChI=1S/C13H20N2O2S/c1-10-7-12(10)9-15(2)18(16,17)13-6-4-3-5-11(13)8-14/h3-6,10,12H,7-9,14H2,1-2H3. The van der Waals surface area contributed by atoms with Crippen molar-refractivity contribution in [2.45, 2.75) is 24.8 Å². The Kier molecular flexibility index (Phi) is 3.75. The predicted octanol–water partition coefficient (Wildman–Crippen LogP) is 1.42. The SMILES string of the molecule is CC1CC1CN(C)S(=O)(=O)c1ccccc1CN. The second kappa shape index (κ2) is 4.99. The average molecular weight is 268 g/mol. The Hall–Kier alpha value is -0.910. The van der Waals surface area contributed by atoms with Crippen LogP contribution in [0.25, 0.3) is 0 Å². The van der Waals surface area contributed by atoms with Gasteiger partial charge in [0.25, 0.3) is 0 Å². The number of nitrogens with zero attached hydrogens (tertiary/aromatic N) is 1. The molecule has 1 saturated carbocycles. The van der Waals surface area contributed by atoms with Crippen molar-refractivity contribution in [1.29, 1.82) is 0 Å². The van der Waals surface area contributed by atoms with E-state index in [-0.39, 0.29) is 6.54 Å². The second-order valence-electron chi connectivity index (χ2n) is 5.07. The lowest BCUT2D eigenvalue weighted by molar-refractivity contribution is 0.444. The minimum Gasteiger partial charge on any atom is -0.326 e. The van der Waals surface area contributed by atoms with E-state index in [0.29, 0.717) is 28.8 Å². The molecular formula is C13H20N2O2S. The monoisotopic (exact) mass is 268 g/mol. The highest BCUT2D eigenvalue weighted by Gasteiger charge is 2.36. The molecule has 0 spiro atoms. The molecule has 0 amide bonds. The lowest BCUT2D eigenvalue weighted by atomic mass is 10.2. The van der Waals surface area contributed by atoms with Crippen LogP contribution in [0.15, 0.2) is 29.2 Å². The van der Waals surface area contributed by atoms with Gasteiger partial charge in [0.05, 0.1) is 4.90 Å². The first-order valence-electron chi connectivity index (χ1n) is 6.21. The summed E-state index contributed by atoms with van der Waals surface area (Å²) < 4.78 is 26.4. The molecule has 0 radical (unpaired) electrons. The van der Waals surface area contributed by atoms with Gasteiger partial charge in [-0.3, -0.25) is 0 Å². The summed E-state index contributed by atoms with van der Waals surface area (Å²) in [5.41, 5.74) is 6.27. The van der Waals surface area contributed by atoms with Gasteiger partial charge in [0, 0.05) is 20.1 Å². The third kappa shape index (κ3) is 2.58. The van der Waals surface area contributed by atoms with E-state index in [1.807, 2.05) is 6.07 Å². The van der Waals surface area contributed by atoms with E-state index in [2.05, 4.69) is 6.92 Å². The highest BCUT2D eigenvalue weighted by atomic mass is 32.2. The maximum Gasteiger partial charge on any atom is 0.243 e. The number of hydrogen-bond donors (Lipinski definition) is 1. The van der Waals surface area contributed by atoms with E-state index >= 15 is 0 Å². The highest BCUT2D eigenvalue weighted by molar-refractivity contribution is 7.89. The third-order valence-electron chi connectivity index (χ3n) is 3.65. The summed E-state index contributed by atoms with van der Waals surface area (Å²) in [4.78, 5) is 0.336. The summed E-state index contributed by atoms with van der Waals surface area (Å²) in [5.74, 6) is 1.15. The van der Waals surface area contributed by atoms with Gasteiger partial charge in [-0.1, -0.05) is 25.1 Å². The van der Waals surface area contributed by atoms with Gasteiger partial charge in [-0.25, -0.2) is 12.7 Å². The molecule has 2 unspecified atom stereocenters. The summed E-state index contributed by atoms with van der Waals surface area (Å²) in [5, 5.41) is 0. The molecule has 2 N–H and O–H groups in total. The Morgan fingerprint density at radius 1 is 1.39 bits per heavy atom. The molecule has 0 saturated heterocycles. The maximum absolute atomic E-state index is 12.5. The summed E-state index contributed by atoms with van der Waals surface area (Å²) in [7, 11) is -1.76. The van der Waals surface area contributed by atoms with Crippen LogP contribution in [0.1, 0.15) is 18.9 Å². The van der Waals surface area contributed by atoms with Crippen molar-refractivity contribution >= 4 is 10.0 Å². The minimum atomic E-state index is -3.41. The molecule has 0 aliphatic heterocycles. The van der Waals surface area contributed by atoms with Crippen LogP contribution in [0, 0.1) is 11.8 Å². The molecule has 5 heteroatoms. The lowest BCUT2D eigenvalue weighted by Gasteiger charge is -2.18. The molecule has 1 aromatic carbocycles. The van der Waals surface area contributed by atoms with Crippen LogP contribution < -0.4 is 5.73 Å². The Bertz CT molecular complexity index is 528. The number of sulfonamides is 1. The number of nitrogens with two attached hydrogens (primary N) is 1. The molecular weight excluding hydrogens is 248 g/mol. The molecule has 0 bridgehead atoms. The van der Waals surface area contributed by atoms with E-state index in [4.69, 9.17) is 5.73 Å². The van der Waals surface area contributed by atoms with Crippen LogP contribution in [0.2, 0.25) is 0 Å². The summed E-state index contributed by atoms with van der Waals surface area (Å²) in [6, 6.07) is 6.94. The van der Waals surface area contributed by atoms with Gasteiger partial charge >= 0.3 is 0 Å².